The summed E-state index contributed by atoms with van der Waals surface area (Å²) in [6, 6.07) is 1.43. The van der Waals surface area contributed by atoms with Gasteiger partial charge in [-0.2, -0.15) is 4.31 Å². The largest absolute Gasteiger partial charge is 0.455 e. The van der Waals surface area contributed by atoms with E-state index in [2.05, 4.69) is 5.32 Å². The Morgan fingerprint density at radius 3 is 2.30 bits per heavy atom. The summed E-state index contributed by atoms with van der Waals surface area (Å²) in [6.07, 6.45) is 3.74. The second-order valence-electron chi connectivity index (χ2n) is 7.69. The van der Waals surface area contributed by atoms with E-state index in [1.54, 1.807) is 6.92 Å². The molecule has 9 heteroatoms. The number of hydrogen-bond acceptors (Lipinski definition) is 5. The van der Waals surface area contributed by atoms with Crippen LogP contribution < -0.4 is 5.32 Å². The van der Waals surface area contributed by atoms with Crippen LogP contribution in [0.2, 0.25) is 0 Å². The molecule has 0 spiro atoms. The van der Waals surface area contributed by atoms with Crippen molar-refractivity contribution in [2.24, 2.45) is 11.8 Å². The third-order valence-electron chi connectivity index (χ3n) is 6.07. The maximum atomic E-state index is 12.9. The number of hydrogen-bond donors (Lipinski definition) is 1. The highest BCUT2D eigenvalue weighted by Gasteiger charge is 2.35. The van der Waals surface area contributed by atoms with Gasteiger partial charge in [0.1, 0.15) is 10.7 Å². The molecule has 0 bridgehead atoms. The van der Waals surface area contributed by atoms with Gasteiger partial charge in [0, 0.05) is 32.2 Å². The predicted octanol–water partition coefficient (Wildman–Crippen LogP) is 1.87. The molecular formula is C18H28ClN3O4S. The number of nitrogens with zero attached hydrogens (tertiary/aromatic N) is 2. The molecule has 27 heavy (non-hydrogen) atoms. The van der Waals surface area contributed by atoms with Crippen LogP contribution in [0.25, 0.3) is 0 Å². The number of carbonyl (C=O) groups is 1. The number of nitrogens with one attached hydrogen (secondary N) is 1. The zero-order chi connectivity index (χ0) is 18.3. The molecule has 1 aromatic heterocycles. The minimum absolute atomic E-state index is 0. The van der Waals surface area contributed by atoms with E-state index in [-0.39, 0.29) is 29.0 Å². The number of halogens is 1. The lowest BCUT2D eigenvalue weighted by Gasteiger charge is -2.19. The fraction of sp³-hybridized carbons (Fsp3) is 0.722. The molecule has 0 aliphatic carbocycles. The molecule has 1 N–H and O–H groups in total. The summed E-state index contributed by atoms with van der Waals surface area (Å²) in [4.78, 5) is 14.9. The van der Waals surface area contributed by atoms with Crippen LogP contribution in [-0.2, 0) is 10.0 Å². The highest BCUT2D eigenvalue weighted by Crippen LogP contribution is 2.30. The summed E-state index contributed by atoms with van der Waals surface area (Å²) >= 11 is 0. The van der Waals surface area contributed by atoms with E-state index in [0.29, 0.717) is 43.8 Å². The van der Waals surface area contributed by atoms with Crippen LogP contribution in [-0.4, -0.2) is 62.8 Å². The minimum Gasteiger partial charge on any atom is -0.455 e. The van der Waals surface area contributed by atoms with Crippen molar-refractivity contribution >= 4 is 28.3 Å². The molecule has 3 aliphatic rings. The summed E-state index contributed by atoms with van der Waals surface area (Å²) in [5.41, 5.74) is 0. The molecule has 0 saturated carbocycles. The van der Waals surface area contributed by atoms with Gasteiger partial charge in [-0.05, 0) is 57.5 Å². The van der Waals surface area contributed by atoms with Gasteiger partial charge in [-0.25, -0.2) is 8.42 Å². The van der Waals surface area contributed by atoms with E-state index in [1.165, 1.54) is 10.4 Å². The maximum absolute atomic E-state index is 12.9. The van der Waals surface area contributed by atoms with Gasteiger partial charge >= 0.3 is 0 Å². The van der Waals surface area contributed by atoms with Gasteiger partial charge in [-0.3, -0.25) is 4.79 Å². The van der Waals surface area contributed by atoms with Crippen LogP contribution in [0, 0.1) is 18.8 Å². The Labute approximate surface area is 166 Å². The molecule has 0 unspecified atom stereocenters. The number of aryl methyl sites for hydroxylation is 1. The first-order chi connectivity index (χ1) is 12.5. The molecular weight excluding hydrogens is 390 g/mol. The fourth-order valence-electron chi connectivity index (χ4n) is 4.47. The SMILES string of the molecule is Cc1oc(C(=O)N2CC[C@@H]3CNC[C@@H]3CC2)cc1S(=O)(=O)N1CCCC1.Cl. The average molecular weight is 418 g/mol. The zero-order valence-corrected chi connectivity index (χ0v) is 17.3. The average Bonchev–Trinajstić information content (AvgIpc) is 3.34. The van der Waals surface area contributed by atoms with Crippen LogP contribution in [0.3, 0.4) is 0 Å². The van der Waals surface area contributed by atoms with Crippen molar-refractivity contribution in [2.45, 2.75) is 37.5 Å². The van der Waals surface area contributed by atoms with Crippen LogP contribution in [0.5, 0.6) is 0 Å². The molecule has 4 rings (SSSR count). The first kappa shape index (κ1) is 20.6. The Hall–Kier alpha value is -1.09. The van der Waals surface area contributed by atoms with E-state index in [0.717, 1.165) is 38.8 Å². The second kappa shape index (κ2) is 8.11. The predicted molar refractivity (Wildman–Crippen MR) is 104 cm³/mol. The summed E-state index contributed by atoms with van der Waals surface area (Å²) in [7, 11) is -3.57. The zero-order valence-electron chi connectivity index (χ0n) is 15.6. The number of amides is 1. The van der Waals surface area contributed by atoms with Crippen molar-refractivity contribution in [1.29, 1.82) is 0 Å². The van der Waals surface area contributed by atoms with E-state index in [9.17, 15) is 13.2 Å². The Kier molecular flexibility index (Phi) is 6.20. The van der Waals surface area contributed by atoms with Crippen molar-refractivity contribution in [1.82, 2.24) is 14.5 Å². The van der Waals surface area contributed by atoms with E-state index in [4.69, 9.17) is 4.42 Å². The molecule has 0 radical (unpaired) electrons. The summed E-state index contributed by atoms with van der Waals surface area (Å²) in [5, 5.41) is 3.43. The van der Waals surface area contributed by atoms with E-state index in [1.807, 2.05) is 4.90 Å². The Morgan fingerprint density at radius 1 is 1.11 bits per heavy atom. The number of sulfonamides is 1. The van der Waals surface area contributed by atoms with Crippen LogP contribution in [0.1, 0.15) is 42.0 Å². The lowest BCUT2D eigenvalue weighted by molar-refractivity contribution is 0.0725. The minimum atomic E-state index is -3.57. The maximum Gasteiger partial charge on any atom is 0.289 e. The third-order valence-corrected chi connectivity index (χ3v) is 8.08. The molecule has 7 nitrogen and oxygen atoms in total. The van der Waals surface area contributed by atoms with E-state index >= 15 is 0 Å². The van der Waals surface area contributed by atoms with Crippen molar-refractivity contribution in [3.8, 4) is 0 Å². The number of likely N-dealkylation sites (tertiary alicyclic amines) is 1. The second-order valence-corrected chi connectivity index (χ2v) is 9.60. The van der Waals surface area contributed by atoms with Gasteiger partial charge in [-0.1, -0.05) is 0 Å². The number of fused-ring (bicyclic) bond motifs is 1. The van der Waals surface area contributed by atoms with Gasteiger partial charge in [-0.15, -0.1) is 12.4 Å². The monoisotopic (exact) mass is 417 g/mol. The Morgan fingerprint density at radius 2 is 1.70 bits per heavy atom. The van der Waals surface area contributed by atoms with Crippen molar-refractivity contribution < 1.29 is 17.6 Å². The van der Waals surface area contributed by atoms with Crippen molar-refractivity contribution in [3.05, 3.63) is 17.6 Å². The number of furan rings is 1. The lowest BCUT2D eigenvalue weighted by atomic mass is 9.92. The summed E-state index contributed by atoms with van der Waals surface area (Å²) in [6.45, 7) is 6.18. The van der Waals surface area contributed by atoms with Gasteiger partial charge in [0.15, 0.2) is 5.76 Å². The first-order valence-electron chi connectivity index (χ1n) is 9.57. The molecule has 152 valence electrons. The van der Waals surface area contributed by atoms with E-state index < -0.39 is 10.0 Å². The van der Waals surface area contributed by atoms with Crippen LogP contribution in [0.4, 0.5) is 0 Å². The van der Waals surface area contributed by atoms with Crippen LogP contribution >= 0.6 is 12.4 Å². The molecule has 3 saturated heterocycles. The van der Waals surface area contributed by atoms with Gasteiger partial charge in [0.25, 0.3) is 5.91 Å². The van der Waals surface area contributed by atoms with Crippen molar-refractivity contribution in [3.63, 3.8) is 0 Å². The van der Waals surface area contributed by atoms with Gasteiger partial charge < -0.3 is 14.6 Å². The summed E-state index contributed by atoms with van der Waals surface area (Å²) < 4.78 is 32.7. The standard InChI is InChI=1S/C18H27N3O4S.ClH/c1-13-17(26(23,24)21-6-2-3-7-21)10-16(25-13)18(22)20-8-4-14-11-19-12-15(14)5-9-20;/h10,14-15,19H,2-9,11-12H2,1H3;1H/t14-,15+;. The van der Waals surface area contributed by atoms with Gasteiger partial charge in [0.05, 0.1) is 0 Å². The number of rotatable bonds is 3. The highest BCUT2D eigenvalue weighted by atomic mass is 35.5. The lowest BCUT2D eigenvalue weighted by Crippen LogP contribution is -2.32. The molecule has 3 aliphatic heterocycles. The van der Waals surface area contributed by atoms with Crippen molar-refractivity contribution in [2.75, 3.05) is 39.3 Å². The fourth-order valence-corrected chi connectivity index (χ4v) is 6.15. The molecule has 4 heterocycles. The molecule has 0 aromatic carbocycles. The summed E-state index contributed by atoms with van der Waals surface area (Å²) in [5.74, 6) is 1.53. The van der Waals surface area contributed by atoms with Gasteiger partial charge in [0.2, 0.25) is 10.0 Å². The molecule has 3 fully saturated rings. The molecule has 1 amide bonds. The van der Waals surface area contributed by atoms with Crippen LogP contribution in [0.15, 0.2) is 15.4 Å². The Bertz CT molecular complexity index is 775. The normalized spacial score (nSPS) is 26.5. The topological polar surface area (TPSA) is 82.9 Å². The Balaban J connectivity index is 0.00000210. The highest BCUT2D eigenvalue weighted by molar-refractivity contribution is 7.89. The first-order valence-corrected chi connectivity index (χ1v) is 11.0. The number of carbonyl (C=O) groups excluding carboxylic acids is 1. The molecule has 2 atom stereocenters. The quantitative estimate of drug-likeness (QED) is 0.811. The molecule has 1 aromatic rings. The smallest absolute Gasteiger partial charge is 0.289 e. The third kappa shape index (κ3) is 3.90.